The third-order valence-electron chi connectivity index (χ3n) is 1.18. The van der Waals surface area contributed by atoms with E-state index in [-0.39, 0.29) is 0 Å². The van der Waals surface area contributed by atoms with Crippen LogP contribution in [0.3, 0.4) is 0 Å². The van der Waals surface area contributed by atoms with Crippen LogP contribution in [0.5, 0.6) is 0 Å². The van der Waals surface area contributed by atoms with E-state index in [0.29, 0.717) is 0 Å². The van der Waals surface area contributed by atoms with Gasteiger partial charge in [0.25, 0.3) is 0 Å². The molecule has 0 aromatic carbocycles. The van der Waals surface area contributed by atoms with Gasteiger partial charge in [-0.1, -0.05) is 19.1 Å². The fourth-order valence-electron chi connectivity index (χ4n) is 0.682. The third-order valence-corrected chi connectivity index (χ3v) is 1.18. The Morgan fingerprint density at radius 1 is 1.62 bits per heavy atom. The van der Waals surface area contributed by atoms with Crippen LogP contribution < -0.4 is 0 Å². The Morgan fingerprint density at radius 3 is 2.88 bits per heavy atom. The molecule has 2 nitrogen and oxygen atoms in total. The molecule has 0 atom stereocenters. The van der Waals surface area contributed by atoms with Gasteiger partial charge in [0.1, 0.15) is 0 Å². The first-order valence-corrected chi connectivity index (χ1v) is 2.96. The normalized spacial score (nSPS) is 21.6. The maximum Gasteiger partial charge on any atom is 0.0867 e. The molecule has 0 saturated carbocycles. The SMILES string of the molecule is CCN1CC=CCO1. The zero-order valence-electron chi connectivity index (χ0n) is 5.13. The highest BCUT2D eigenvalue weighted by Crippen LogP contribution is 1.95. The summed E-state index contributed by atoms with van der Waals surface area (Å²) in [6, 6.07) is 0. The van der Waals surface area contributed by atoms with Gasteiger partial charge in [-0.25, -0.2) is 0 Å². The van der Waals surface area contributed by atoms with Gasteiger partial charge in [-0.05, 0) is 0 Å². The zero-order chi connectivity index (χ0) is 5.82. The minimum atomic E-state index is 0.744. The number of hydrogen-bond donors (Lipinski definition) is 0. The van der Waals surface area contributed by atoms with Gasteiger partial charge in [-0.15, -0.1) is 0 Å². The topological polar surface area (TPSA) is 12.5 Å². The lowest BCUT2D eigenvalue weighted by Crippen LogP contribution is -2.26. The number of nitrogens with zero attached hydrogens (tertiary/aromatic N) is 1. The van der Waals surface area contributed by atoms with Crippen molar-refractivity contribution in [2.75, 3.05) is 19.7 Å². The second kappa shape index (κ2) is 2.84. The van der Waals surface area contributed by atoms with Gasteiger partial charge in [0.15, 0.2) is 0 Å². The molecule has 0 aromatic heterocycles. The lowest BCUT2D eigenvalue weighted by Gasteiger charge is -2.19. The molecule has 46 valence electrons. The lowest BCUT2D eigenvalue weighted by molar-refractivity contribution is -0.142. The van der Waals surface area contributed by atoms with E-state index < -0.39 is 0 Å². The van der Waals surface area contributed by atoms with Crippen molar-refractivity contribution in [3.8, 4) is 0 Å². The molecule has 1 rings (SSSR count). The Hall–Kier alpha value is -0.340. The van der Waals surface area contributed by atoms with Gasteiger partial charge in [0.2, 0.25) is 0 Å². The number of rotatable bonds is 1. The van der Waals surface area contributed by atoms with E-state index in [2.05, 4.69) is 13.0 Å². The summed E-state index contributed by atoms with van der Waals surface area (Å²) in [5, 5.41) is 1.93. The van der Waals surface area contributed by atoms with E-state index in [1.54, 1.807) is 0 Å². The van der Waals surface area contributed by atoms with Crippen molar-refractivity contribution in [1.82, 2.24) is 5.06 Å². The maximum atomic E-state index is 5.17. The van der Waals surface area contributed by atoms with Gasteiger partial charge < -0.3 is 0 Å². The van der Waals surface area contributed by atoms with Crippen LogP contribution in [0.1, 0.15) is 6.92 Å². The average molecular weight is 113 g/mol. The molecular weight excluding hydrogens is 102 g/mol. The Balaban J connectivity index is 2.27. The van der Waals surface area contributed by atoms with E-state index in [1.807, 2.05) is 11.1 Å². The summed E-state index contributed by atoms with van der Waals surface area (Å²) < 4.78 is 0. The quantitative estimate of drug-likeness (QED) is 0.466. The predicted molar refractivity (Wildman–Crippen MR) is 32.3 cm³/mol. The molecule has 0 amide bonds. The minimum absolute atomic E-state index is 0.744. The Morgan fingerprint density at radius 2 is 2.50 bits per heavy atom. The summed E-state index contributed by atoms with van der Waals surface area (Å²) in [5.74, 6) is 0. The monoisotopic (exact) mass is 113 g/mol. The highest BCUT2D eigenvalue weighted by molar-refractivity contribution is 4.85. The molecule has 0 bridgehead atoms. The molecule has 1 aliphatic rings. The molecule has 1 aliphatic heterocycles. The second-order valence-electron chi connectivity index (χ2n) is 1.75. The van der Waals surface area contributed by atoms with E-state index in [9.17, 15) is 0 Å². The first-order chi connectivity index (χ1) is 3.93. The summed E-state index contributed by atoms with van der Waals surface area (Å²) in [6.07, 6.45) is 4.15. The van der Waals surface area contributed by atoms with Crippen molar-refractivity contribution < 1.29 is 4.84 Å². The zero-order valence-corrected chi connectivity index (χ0v) is 5.13. The predicted octanol–water partition coefficient (Wildman–Crippen LogP) is 0.810. The average Bonchev–Trinajstić information content (AvgIpc) is 1.90. The molecule has 1 heterocycles. The van der Waals surface area contributed by atoms with E-state index in [4.69, 9.17) is 4.84 Å². The molecular formula is C6H11NO. The van der Waals surface area contributed by atoms with Crippen molar-refractivity contribution in [1.29, 1.82) is 0 Å². The highest BCUT2D eigenvalue weighted by Gasteiger charge is 2.00. The Bertz CT molecular complexity index is 90.5. The molecule has 0 saturated heterocycles. The van der Waals surface area contributed by atoms with Crippen LogP contribution >= 0.6 is 0 Å². The second-order valence-corrected chi connectivity index (χ2v) is 1.75. The molecule has 0 N–H and O–H groups in total. The van der Waals surface area contributed by atoms with Crippen LogP contribution in [0.25, 0.3) is 0 Å². The van der Waals surface area contributed by atoms with Crippen molar-refractivity contribution in [2.24, 2.45) is 0 Å². The standard InChI is InChI=1S/C6H11NO/c1-2-7-5-3-4-6-8-7/h3-4H,2,5-6H2,1H3. The van der Waals surface area contributed by atoms with Crippen LogP contribution in [-0.2, 0) is 4.84 Å². The highest BCUT2D eigenvalue weighted by atomic mass is 16.7. The molecule has 8 heavy (non-hydrogen) atoms. The lowest BCUT2D eigenvalue weighted by atomic mass is 10.4. The first-order valence-electron chi connectivity index (χ1n) is 2.96. The van der Waals surface area contributed by atoms with Crippen LogP contribution in [0, 0.1) is 0 Å². The van der Waals surface area contributed by atoms with Crippen molar-refractivity contribution in [2.45, 2.75) is 6.92 Å². The Labute approximate surface area is 49.7 Å². The van der Waals surface area contributed by atoms with Gasteiger partial charge >= 0.3 is 0 Å². The van der Waals surface area contributed by atoms with Gasteiger partial charge in [-0.2, -0.15) is 5.06 Å². The van der Waals surface area contributed by atoms with Crippen molar-refractivity contribution >= 4 is 0 Å². The maximum absolute atomic E-state index is 5.17. The number of hydrogen-bond acceptors (Lipinski definition) is 2. The van der Waals surface area contributed by atoms with E-state index in [0.717, 1.165) is 19.7 Å². The summed E-state index contributed by atoms with van der Waals surface area (Å²) in [6.45, 7) is 4.74. The molecule has 2 heteroatoms. The summed E-state index contributed by atoms with van der Waals surface area (Å²) >= 11 is 0. The van der Waals surface area contributed by atoms with E-state index in [1.165, 1.54) is 0 Å². The Kier molecular flexibility index (Phi) is 2.06. The van der Waals surface area contributed by atoms with Crippen LogP contribution in [0.2, 0.25) is 0 Å². The van der Waals surface area contributed by atoms with Crippen molar-refractivity contribution in [3.63, 3.8) is 0 Å². The largest absolute Gasteiger partial charge is 0.295 e. The molecule has 0 aromatic rings. The molecule has 0 spiro atoms. The number of likely N-dealkylation sites (N-methyl/N-ethyl adjacent to an activating group) is 1. The van der Waals surface area contributed by atoms with Crippen LogP contribution in [-0.4, -0.2) is 24.8 Å². The smallest absolute Gasteiger partial charge is 0.0867 e. The fraction of sp³-hybridized carbons (Fsp3) is 0.667. The first kappa shape index (κ1) is 5.79. The minimum Gasteiger partial charge on any atom is -0.295 e. The summed E-state index contributed by atoms with van der Waals surface area (Å²) in [4.78, 5) is 5.17. The van der Waals surface area contributed by atoms with Crippen molar-refractivity contribution in [3.05, 3.63) is 12.2 Å². The summed E-state index contributed by atoms with van der Waals surface area (Å²) in [7, 11) is 0. The molecule has 0 aliphatic carbocycles. The fourth-order valence-corrected chi connectivity index (χ4v) is 0.682. The van der Waals surface area contributed by atoms with Gasteiger partial charge in [-0.3, -0.25) is 4.84 Å². The third kappa shape index (κ3) is 1.32. The van der Waals surface area contributed by atoms with Crippen LogP contribution in [0.15, 0.2) is 12.2 Å². The summed E-state index contributed by atoms with van der Waals surface area (Å²) in [5.41, 5.74) is 0. The van der Waals surface area contributed by atoms with Crippen LogP contribution in [0.4, 0.5) is 0 Å². The molecule has 0 unspecified atom stereocenters. The van der Waals surface area contributed by atoms with Gasteiger partial charge in [0.05, 0.1) is 6.61 Å². The van der Waals surface area contributed by atoms with Gasteiger partial charge in [0, 0.05) is 13.1 Å². The molecule has 0 radical (unpaired) electrons. The van der Waals surface area contributed by atoms with E-state index >= 15 is 0 Å². The number of hydroxylamine groups is 2. The molecule has 0 fully saturated rings.